The van der Waals surface area contributed by atoms with E-state index in [-0.39, 0.29) is 10.6 Å². The summed E-state index contributed by atoms with van der Waals surface area (Å²) in [7, 11) is 0. The molecule has 0 saturated heterocycles. The Labute approximate surface area is 121 Å². The molecule has 2 rings (SSSR count). The van der Waals surface area contributed by atoms with Crippen LogP contribution < -0.4 is 5.32 Å². The van der Waals surface area contributed by atoms with Gasteiger partial charge in [0.1, 0.15) is 0 Å². The van der Waals surface area contributed by atoms with Gasteiger partial charge in [-0.2, -0.15) is 0 Å². The number of nitro benzene ring substituents is 1. The molecule has 1 saturated carbocycles. The topological polar surface area (TPSA) is 55.2 Å². The van der Waals surface area contributed by atoms with Gasteiger partial charge < -0.3 is 5.32 Å². The Morgan fingerprint density at radius 1 is 1.53 bits per heavy atom. The number of nitro groups is 1. The molecule has 104 valence electrons. The van der Waals surface area contributed by atoms with E-state index in [0.29, 0.717) is 22.5 Å². The smallest absolute Gasteiger partial charge is 0.283 e. The second-order valence-corrected chi connectivity index (χ2v) is 6.88. The van der Waals surface area contributed by atoms with E-state index < -0.39 is 0 Å². The van der Waals surface area contributed by atoms with E-state index in [1.54, 1.807) is 12.1 Å². The molecule has 0 amide bonds. The standard InChI is InChI=1S/C14H19BrN2O2/c1-14(2)6-5-11(8-14)16-9-10-3-4-12(15)13(7-10)17(18)19/h3-4,7,11,16H,5-6,8-9H2,1-2H3. The third-order valence-electron chi connectivity index (χ3n) is 3.77. The first-order chi connectivity index (χ1) is 8.87. The van der Waals surface area contributed by atoms with Crippen molar-refractivity contribution in [1.29, 1.82) is 0 Å². The van der Waals surface area contributed by atoms with Crippen molar-refractivity contribution in [2.75, 3.05) is 0 Å². The molecule has 1 aliphatic rings. The highest BCUT2D eigenvalue weighted by Gasteiger charge is 2.30. The number of nitrogens with one attached hydrogen (secondary N) is 1. The van der Waals surface area contributed by atoms with Crippen LogP contribution in [0.25, 0.3) is 0 Å². The van der Waals surface area contributed by atoms with Gasteiger partial charge in [-0.1, -0.05) is 19.9 Å². The van der Waals surface area contributed by atoms with Crippen molar-refractivity contribution in [3.63, 3.8) is 0 Å². The Kier molecular flexibility index (Phi) is 4.26. The molecule has 4 nitrogen and oxygen atoms in total. The van der Waals surface area contributed by atoms with E-state index >= 15 is 0 Å². The number of hydrogen-bond donors (Lipinski definition) is 1. The van der Waals surface area contributed by atoms with Crippen LogP contribution in [0.3, 0.4) is 0 Å². The summed E-state index contributed by atoms with van der Waals surface area (Å²) in [5.74, 6) is 0. The maximum Gasteiger partial charge on any atom is 0.283 e. The summed E-state index contributed by atoms with van der Waals surface area (Å²) in [6.45, 7) is 5.27. The maximum atomic E-state index is 10.9. The molecular weight excluding hydrogens is 308 g/mol. The fourth-order valence-corrected chi connectivity index (χ4v) is 3.07. The predicted molar refractivity (Wildman–Crippen MR) is 79.1 cm³/mol. The predicted octanol–water partition coefficient (Wildman–Crippen LogP) is 4.03. The molecule has 0 radical (unpaired) electrons. The van der Waals surface area contributed by atoms with Crippen molar-refractivity contribution in [1.82, 2.24) is 5.32 Å². The number of halogens is 1. The second kappa shape index (κ2) is 5.59. The van der Waals surface area contributed by atoms with E-state index in [1.165, 1.54) is 19.3 Å². The minimum absolute atomic E-state index is 0.131. The molecule has 1 N–H and O–H groups in total. The lowest BCUT2D eigenvalue weighted by atomic mass is 9.92. The molecule has 1 fully saturated rings. The minimum atomic E-state index is -0.355. The largest absolute Gasteiger partial charge is 0.310 e. The normalized spacial score (nSPS) is 21.5. The molecular formula is C14H19BrN2O2. The number of rotatable bonds is 4. The summed E-state index contributed by atoms with van der Waals surface area (Å²) in [4.78, 5) is 10.5. The molecule has 0 aliphatic heterocycles. The number of nitrogens with zero attached hydrogens (tertiary/aromatic N) is 1. The molecule has 0 aromatic heterocycles. The molecule has 1 atom stereocenters. The molecule has 0 spiro atoms. The first-order valence-corrected chi connectivity index (χ1v) is 7.33. The van der Waals surface area contributed by atoms with Gasteiger partial charge in [0.25, 0.3) is 5.69 Å². The third kappa shape index (κ3) is 3.76. The first kappa shape index (κ1) is 14.5. The summed E-state index contributed by atoms with van der Waals surface area (Å²) in [6, 6.07) is 5.83. The zero-order valence-corrected chi connectivity index (χ0v) is 12.9. The maximum absolute atomic E-state index is 10.9. The van der Waals surface area contributed by atoms with Crippen molar-refractivity contribution in [3.05, 3.63) is 38.3 Å². The van der Waals surface area contributed by atoms with Gasteiger partial charge >= 0.3 is 0 Å². The zero-order valence-electron chi connectivity index (χ0n) is 11.3. The fraction of sp³-hybridized carbons (Fsp3) is 0.571. The molecule has 1 unspecified atom stereocenters. The van der Waals surface area contributed by atoms with E-state index in [2.05, 4.69) is 35.1 Å². The Morgan fingerprint density at radius 3 is 2.84 bits per heavy atom. The van der Waals surface area contributed by atoms with Crippen LogP contribution in [-0.4, -0.2) is 11.0 Å². The van der Waals surface area contributed by atoms with Crippen LogP contribution in [0.5, 0.6) is 0 Å². The van der Waals surface area contributed by atoms with Crippen LogP contribution in [0, 0.1) is 15.5 Å². The van der Waals surface area contributed by atoms with Gasteiger partial charge in [-0.05, 0) is 52.2 Å². The highest BCUT2D eigenvalue weighted by atomic mass is 79.9. The Bertz CT molecular complexity index is 488. The Balaban J connectivity index is 1.97. The summed E-state index contributed by atoms with van der Waals surface area (Å²) in [6.07, 6.45) is 3.60. The van der Waals surface area contributed by atoms with E-state index in [9.17, 15) is 10.1 Å². The average molecular weight is 327 g/mol. The lowest BCUT2D eigenvalue weighted by Gasteiger charge is -2.18. The summed E-state index contributed by atoms with van der Waals surface area (Å²) < 4.78 is 0.531. The fourth-order valence-electron chi connectivity index (χ4n) is 2.68. The van der Waals surface area contributed by atoms with Crippen molar-refractivity contribution in [2.45, 2.75) is 45.7 Å². The van der Waals surface area contributed by atoms with Crippen LogP contribution in [0.15, 0.2) is 22.7 Å². The molecule has 1 aliphatic carbocycles. The summed E-state index contributed by atoms with van der Waals surface area (Å²) in [5.41, 5.74) is 1.51. The molecule has 19 heavy (non-hydrogen) atoms. The molecule has 1 aromatic carbocycles. The van der Waals surface area contributed by atoms with E-state index in [1.807, 2.05) is 6.07 Å². The summed E-state index contributed by atoms with van der Waals surface area (Å²) >= 11 is 3.20. The lowest BCUT2D eigenvalue weighted by molar-refractivity contribution is -0.385. The number of benzene rings is 1. The van der Waals surface area contributed by atoms with Gasteiger partial charge in [-0.3, -0.25) is 10.1 Å². The SMILES string of the molecule is CC1(C)CCC(NCc2ccc(Br)c([N+](=O)[O-])c2)C1. The summed E-state index contributed by atoms with van der Waals surface area (Å²) in [5, 5.41) is 14.4. The van der Waals surface area contributed by atoms with Gasteiger partial charge in [0.05, 0.1) is 9.40 Å². The van der Waals surface area contributed by atoms with Crippen molar-refractivity contribution in [3.8, 4) is 0 Å². The van der Waals surface area contributed by atoms with Crippen molar-refractivity contribution < 1.29 is 4.92 Å². The first-order valence-electron chi connectivity index (χ1n) is 6.54. The van der Waals surface area contributed by atoms with Crippen LogP contribution >= 0.6 is 15.9 Å². The minimum Gasteiger partial charge on any atom is -0.310 e. The molecule has 0 bridgehead atoms. The monoisotopic (exact) mass is 326 g/mol. The lowest BCUT2D eigenvalue weighted by Crippen LogP contribution is -2.26. The van der Waals surface area contributed by atoms with Gasteiger partial charge in [0.15, 0.2) is 0 Å². The van der Waals surface area contributed by atoms with Crippen LogP contribution in [0.4, 0.5) is 5.69 Å². The Hall–Kier alpha value is -0.940. The molecule has 1 aromatic rings. The van der Waals surface area contributed by atoms with Gasteiger partial charge in [-0.15, -0.1) is 0 Å². The van der Waals surface area contributed by atoms with Gasteiger partial charge in [-0.25, -0.2) is 0 Å². The van der Waals surface area contributed by atoms with Gasteiger partial charge in [0.2, 0.25) is 0 Å². The van der Waals surface area contributed by atoms with Crippen molar-refractivity contribution >= 4 is 21.6 Å². The second-order valence-electron chi connectivity index (χ2n) is 6.03. The van der Waals surface area contributed by atoms with Crippen LogP contribution in [-0.2, 0) is 6.54 Å². The van der Waals surface area contributed by atoms with Crippen molar-refractivity contribution in [2.24, 2.45) is 5.41 Å². The van der Waals surface area contributed by atoms with E-state index in [4.69, 9.17) is 0 Å². The Morgan fingerprint density at radius 2 is 2.26 bits per heavy atom. The highest BCUT2D eigenvalue weighted by molar-refractivity contribution is 9.10. The number of hydrogen-bond acceptors (Lipinski definition) is 3. The van der Waals surface area contributed by atoms with Crippen LogP contribution in [0.1, 0.15) is 38.7 Å². The average Bonchev–Trinajstić information content (AvgIpc) is 2.67. The molecule has 0 heterocycles. The zero-order chi connectivity index (χ0) is 14.0. The third-order valence-corrected chi connectivity index (χ3v) is 4.44. The van der Waals surface area contributed by atoms with Crippen LogP contribution in [0.2, 0.25) is 0 Å². The van der Waals surface area contributed by atoms with E-state index in [0.717, 1.165) is 5.56 Å². The highest BCUT2D eigenvalue weighted by Crippen LogP contribution is 2.37. The van der Waals surface area contributed by atoms with Gasteiger partial charge in [0, 0.05) is 18.7 Å². The molecule has 5 heteroatoms. The quantitative estimate of drug-likeness (QED) is 0.671.